The molecule has 2 aromatic rings. The van der Waals surface area contributed by atoms with Gasteiger partial charge in [-0.2, -0.15) is 0 Å². The predicted octanol–water partition coefficient (Wildman–Crippen LogP) is 5.38. The molecule has 2 aromatic carbocycles. The Labute approximate surface area is 248 Å². The monoisotopic (exact) mass is 581 g/mol. The average Bonchev–Trinajstić information content (AvgIpc) is 3.27. The van der Waals surface area contributed by atoms with E-state index >= 15 is 4.39 Å². The molecule has 2 amide bonds. The molecular formula is C33H44FN3O5. The number of hydrogen-bond acceptors (Lipinski definition) is 6. The average molecular weight is 582 g/mol. The highest BCUT2D eigenvalue weighted by molar-refractivity contribution is 5.84. The Kier molecular flexibility index (Phi) is 9.92. The first-order chi connectivity index (χ1) is 19.8. The first-order valence-electron chi connectivity index (χ1n) is 14.8. The predicted molar refractivity (Wildman–Crippen MR) is 159 cm³/mol. The summed E-state index contributed by atoms with van der Waals surface area (Å²) in [5.41, 5.74) is 2.16. The summed E-state index contributed by atoms with van der Waals surface area (Å²) in [6, 6.07) is 13.9. The van der Waals surface area contributed by atoms with Gasteiger partial charge in [0.25, 0.3) is 0 Å². The van der Waals surface area contributed by atoms with Crippen LogP contribution in [0, 0.1) is 12.8 Å². The molecule has 2 aliphatic heterocycles. The van der Waals surface area contributed by atoms with Crippen LogP contribution in [-0.2, 0) is 20.9 Å². The van der Waals surface area contributed by atoms with Gasteiger partial charge in [0.1, 0.15) is 23.6 Å². The number of ether oxygens (including phenoxy) is 2. The van der Waals surface area contributed by atoms with Gasteiger partial charge in [-0.1, -0.05) is 61.9 Å². The number of nitrogens with one attached hydrogen (secondary N) is 1. The number of esters is 1. The Bertz CT molecular complexity index is 1260. The van der Waals surface area contributed by atoms with Crippen LogP contribution in [0.3, 0.4) is 0 Å². The highest BCUT2D eigenvalue weighted by Gasteiger charge is 2.41. The fourth-order valence-corrected chi connectivity index (χ4v) is 5.68. The van der Waals surface area contributed by atoms with E-state index in [0.717, 1.165) is 5.56 Å². The summed E-state index contributed by atoms with van der Waals surface area (Å²) in [5, 5.41) is 2.61. The Balaban J connectivity index is 1.39. The molecule has 1 unspecified atom stereocenters. The van der Waals surface area contributed by atoms with Crippen molar-refractivity contribution in [2.24, 2.45) is 5.92 Å². The minimum absolute atomic E-state index is 0.0489. The van der Waals surface area contributed by atoms with Gasteiger partial charge in [0.05, 0.1) is 6.04 Å². The molecule has 0 bridgehead atoms. The van der Waals surface area contributed by atoms with Crippen LogP contribution in [0.25, 0.3) is 0 Å². The third kappa shape index (κ3) is 7.88. The fourth-order valence-electron chi connectivity index (χ4n) is 5.68. The van der Waals surface area contributed by atoms with Gasteiger partial charge in [0.2, 0.25) is 5.91 Å². The molecule has 42 heavy (non-hydrogen) atoms. The molecule has 0 saturated carbocycles. The zero-order chi connectivity index (χ0) is 30.6. The van der Waals surface area contributed by atoms with Crippen molar-refractivity contribution in [1.29, 1.82) is 0 Å². The summed E-state index contributed by atoms with van der Waals surface area (Å²) in [7, 11) is 0. The molecule has 228 valence electrons. The van der Waals surface area contributed by atoms with Crippen LogP contribution in [0.4, 0.5) is 9.18 Å². The number of halogens is 1. The van der Waals surface area contributed by atoms with Crippen molar-refractivity contribution in [2.75, 3.05) is 19.6 Å². The summed E-state index contributed by atoms with van der Waals surface area (Å²) in [4.78, 5) is 42.6. The van der Waals surface area contributed by atoms with Crippen LogP contribution >= 0.6 is 0 Å². The molecule has 9 heteroatoms. The Morgan fingerprint density at radius 3 is 2.38 bits per heavy atom. The number of carbonyl (C=O) groups is 3. The van der Waals surface area contributed by atoms with Crippen molar-refractivity contribution >= 4 is 18.0 Å². The summed E-state index contributed by atoms with van der Waals surface area (Å²) in [6.45, 7) is 12.8. The molecule has 8 nitrogen and oxygen atoms in total. The number of benzene rings is 2. The number of para-hydroxylation sites is 1. The maximum Gasteiger partial charge on any atom is 0.408 e. The van der Waals surface area contributed by atoms with E-state index in [0.29, 0.717) is 38.0 Å². The van der Waals surface area contributed by atoms with E-state index in [1.54, 1.807) is 58.9 Å². The van der Waals surface area contributed by atoms with Crippen LogP contribution in [-0.4, -0.2) is 71.3 Å². The van der Waals surface area contributed by atoms with Gasteiger partial charge in [-0.25, -0.2) is 14.0 Å². The van der Waals surface area contributed by atoms with Crippen LogP contribution in [0.2, 0.25) is 0 Å². The first kappa shape index (κ1) is 31.5. The van der Waals surface area contributed by atoms with Gasteiger partial charge in [-0.3, -0.25) is 9.69 Å². The standard InChI is InChI=1S/C33H44FN3O5/c1-21(2)29(35-32(40)42-33(4,5)6)31(39)41-28-10-8-7-9-25(28)24-15-17-36(20-26(24)34)27-16-18-37(30(27)38)19-23-13-11-22(3)12-14-23/h7-14,21,24,26-27,29H,15-20H2,1-6H3,(H,35,40)/t24-,26+,27+,29?/m0/s1. The number of amides is 2. The van der Waals surface area contributed by atoms with Crippen molar-refractivity contribution in [3.8, 4) is 5.75 Å². The lowest BCUT2D eigenvalue weighted by Crippen LogP contribution is -2.49. The number of hydrogen-bond donors (Lipinski definition) is 1. The summed E-state index contributed by atoms with van der Waals surface area (Å²) in [6.07, 6.45) is -0.779. The second-order valence-electron chi connectivity index (χ2n) is 12.8. The maximum absolute atomic E-state index is 15.8. The summed E-state index contributed by atoms with van der Waals surface area (Å²) in [5.74, 6) is -1.05. The smallest absolute Gasteiger partial charge is 0.408 e. The van der Waals surface area contributed by atoms with Gasteiger partial charge >= 0.3 is 12.1 Å². The number of carbonyl (C=O) groups excluding carboxylic acids is 3. The van der Waals surface area contributed by atoms with Gasteiger partial charge in [0, 0.05) is 31.1 Å². The minimum atomic E-state index is -1.24. The molecule has 0 radical (unpaired) electrons. The minimum Gasteiger partial charge on any atom is -0.444 e. The van der Waals surface area contributed by atoms with E-state index < -0.39 is 35.8 Å². The number of likely N-dealkylation sites (tertiary alicyclic amines) is 2. The second kappa shape index (κ2) is 13.2. The van der Waals surface area contributed by atoms with Crippen molar-refractivity contribution in [2.45, 2.75) is 90.7 Å². The summed E-state index contributed by atoms with van der Waals surface area (Å²) >= 11 is 0. The lowest BCUT2D eigenvalue weighted by atomic mass is 9.86. The topological polar surface area (TPSA) is 88.2 Å². The molecule has 4 atom stereocenters. The Morgan fingerprint density at radius 1 is 1.05 bits per heavy atom. The molecule has 2 saturated heterocycles. The molecule has 0 aromatic heterocycles. The number of aryl methyl sites for hydroxylation is 1. The van der Waals surface area contributed by atoms with Gasteiger partial charge in [-0.05, 0) is 64.6 Å². The SMILES string of the molecule is Cc1ccc(CN2CC[C@@H](N3CC[C@@H](c4ccccc4OC(=O)C(NC(=O)OC(C)(C)C)C(C)C)[C@H](F)C3)C2=O)cc1. The largest absolute Gasteiger partial charge is 0.444 e. The fraction of sp³-hybridized carbons (Fsp3) is 0.545. The normalized spacial score (nSPS) is 22.2. The summed E-state index contributed by atoms with van der Waals surface area (Å²) < 4.78 is 26.9. The lowest BCUT2D eigenvalue weighted by Gasteiger charge is -2.38. The van der Waals surface area contributed by atoms with Gasteiger partial charge < -0.3 is 19.7 Å². The molecule has 2 heterocycles. The number of alkyl halides is 1. The van der Waals surface area contributed by atoms with Crippen molar-refractivity contribution in [3.63, 3.8) is 0 Å². The highest BCUT2D eigenvalue weighted by atomic mass is 19.1. The number of piperidine rings is 1. The second-order valence-corrected chi connectivity index (χ2v) is 12.8. The van der Waals surface area contributed by atoms with E-state index in [-0.39, 0.29) is 30.2 Å². The third-order valence-electron chi connectivity index (χ3n) is 7.90. The molecule has 2 aliphatic rings. The molecule has 4 rings (SSSR count). The van der Waals surface area contributed by atoms with E-state index in [1.807, 2.05) is 41.0 Å². The van der Waals surface area contributed by atoms with Crippen molar-refractivity contribution < 1.29 is 28.2 Å². The highest BCUT2D eigenvalue weighted by Crippen LogP contribution is 2.37. The van der Waals surface area contributed by atoms with Crippen LogP contribution in [0.15, 0.2) is 48.5 Å². The van der Waals surface area contributed by atoms with Crippen molar-refractivity contribution in [3.05, 3.63) is 65.2 Å². The van der Waals surface area contributed by atoms with E-state index in [4.69, 9.17) is 9.47 Å². The maximum atomic E-state index is 15.8. The molecule has 0 aliphatic carbocycles. The van der Waals surface area contributed by atoms with Gasteiger partial charge in [-0.15, -0.1) is 0 Å². The third-order valence-corrected chi connectivity index (χ3v) is 7.90. The van der Waals surface area contributed by atoms with E-state index in [2.05, 4.69) is 5.32 Å². The zero-order valence-electron chi connectivity index (χ0n) is 25.6. The van der Waals surface area contributed by atoms with Crippen LogP contribution in [0.5, 0.6) is 5.75 Å². The van der Waals surface area contributed by atoms with Crippen LogP contribution < -0.4 is 10.1 Å². The van der Waals surface area contributed by atoms with Crippen LogP contribution in [0.1, 0.15) is 70.1 Å². The van der Waals surface area contributed by atoms with Crippen molar-refractivity contribution in [1.82, 2.24) is 15.1 Å². The quantitative estimate of drug-likeness (QED) is 0.333. The molecule has 0 spiro atoms. The van der Waals surface area contributed by atoms with E-state index in [1.165, 1.54) is 5.56 Å². The number of nitrogens with zero attached hydrogens (tertiary/aromatic N) is 2. The lowest BCUT2D eigenvalue weighted by molar-refractivity contribution is -0.138. The molecule has 2 fully saturated rings. The number of alkyl carbamates (subject to hydrolysis) is 1. The Hall–Kier alpha value is -3.46. The Morgan fingerprint density at radius 2 is 1.74 bits per heavy atom. The number of rotatable bonds is 8. The first-order valence-corrected chi connectivity index (χ1v) is 14.8. The van der Waals surface area contributed by atoms with E-state index in [9.17, 15) is 14.4 Å². The zero-order valence-corrected chi connectivity index (χ0v) is 25.6. The molecular weight excluding hydrogens is 537 g/mol. The van der Waals surface area contributed by atoms with Gasteiger partial charge in [0.15, 0.2) is 0 Å². The molecule has 1 N–H and O–H groups in total.